The van der Waals surface area contributed by atoms with Gasteiger partial charge in [0.15, 0.2) is 6.23 Å². The Bertz CT molecular complexity index is 535. The van der Waals surface area contributed by atoms with Gasteiger partial charge in [-0.2, -0.15) is 4.98 Å². The molecule has 0 aromatic carbocycles. The van der Waals surface area contributed by atoms with Crippen molar-refractivity contribution >= 4 is 5.82 Å². The first kappa shape index (κ1) is 16.9. The zero-order valence-electron chi connectivity index (χ0n) is 12.6. The Balaban J connectivity index is 2.09. The van der Waals surface area contributed by atoms with Gasteiger partial charge in [0.05, 0.1) is 6.61 Å². The molecule has 0 bridgehead atoms. The van der Waals surface area contributed by atoms with Crippen LogP contribution in [0.15, 0.2) is 17.1 Å². The van der Waals surface area contributed by atoms with Gasteiger partial charge in [-0.05, 0) is 12.5 Å². The third-order valence-corrected chi connectivity index (χ3v) is 3.67. The van der Waals surface area contributed by atoms with Gasteiger partial charge in [0.2, 0.25) is 0 Å². The van der Waals surface area contributed by atoms with Crippen LogP contribution >= 0.6 is 0 Å². The Kier molecular flexibility index (Phi) is 5.90. The van der Waals surface area contributed by atoms with Crippen LogP contribution in [0.3, 0.4) is 0 Å². The highest BCUT2D eigenvalue weighted by Gasteiger charge is 2.45. The van der Waals surface area contributed by atoms with Crippen LogP contribution < -0.4 is 11.4 Å². The van der Waals surface area contributed by atoms with Crippen LogP contribution in [0.5, 0.6) is 0 Å². The molecule has 8 heteroatoms. The van der Waals surface area contributed by atoms with Crippen molar-refractivity contribution in [1.29, 1.82) is 0 Å². The molecule has 1 aromatic heterocycles. The lowest BCUT2D eigenvalue weighted by Gasteiger charge is -2.20. The first-order valence-corrected chi connectivity index (χ1v) is 7.49. The Morgan fingerprint density at radius 1 is 1.50 bits per heavy atom. The largest absolute Gasteiger partial charge is 0.394 e. The fraction of sp³-hybridized carbons (Fsp3) is 0.714. The predicted octanol–water partition coefficient (Wildman–Crippen LogP) is -0.348. The molecular formula is C14H23N3O5. The summed E-state index contributed by atoms with van der Waals surface area (Å²) in [5, 5.41) is 19.8. The lowest BCUT2D eigenvalue weighted by atomic mass is 10.1. The third-order valence-electron chi connectivity index (χ3n) is 3.67. The topological polar surface area (TPSA) is 120 Å². The molecule has 124 valence electrons. The van der Waals surface area contributed by atoms with Gasteiger partial charge in [0.1, 0.15) is 24.1 Å². The molecule has 22 heavy (non-hydrogen) atoms. The lowest BCUT2D eigenvalue weighted by Crippen LogP contribution is -2.38. The number of aromatic nitrogens is 2. The SMILES string of the molecule is CCCCCOC1C(O)[C@H](n2ccc(N)nc2=O)O[C@@H]1CO. The molecule has 0 saturated carbocycles. The second kappa shape index (κ2) is 7.68. The normalized spacial score (nSPS) is 28.1. The molecule has 1 aliphatic heterocycles. The zero-order chi connectivity index (χ0) is 16.1. The number of unbranched alkanes of at least 4 members (excludes halogenated alkanes) is 2. The average molecular weight is 313 g/mol. The minimum absolute atomic E-state index is 0.0970. The summed E-state index contributed by atoms with van der Waals surface area (Å²) in [5.41, 5.74) is 4.83. The zero-order valence-corrected chi connectivity index (χ0v) is 12.6. The Morgan fingerprint density at radius 2 is 2.27 bits per heavy atom. The van der Waals surface area contributed by atoms with Gasteiger partial charge in [0.25, 0.3) is 0 Å². The van der Waals surface area contributed by atoms with Gasteiger partial charge in [-0.1, -0.05) is 19.8 Å². The van der Waals surface area contributed by atoms with Crippen molar-refractivity contribution in [2.45, 2.75) is 50.7 Å². The number of nitrogens with zero attached hydrogens (tertiary/aromatic N) is 2. The number of hydrogen-bond donors (Lipinski definition) is 3. The Hall–Kier alpha value is -1.48. The van der Waals surface area contributed by atoms with E-state index in [9.17, 15) is 15.0 Å². The second-order valence-electron chi connectivity index (χ2n) is 5.32. The molecule has 2 heterocycles. The Labute approximate surface area is 128 Å². The first-order valence-electron chi connectivity index (χ1n) is 7.49. The highest BCUT2D eigenvalue weighted by atomic mass is 16.6. The fourth-order valence-electron chi connectivity index (χ4n) is 2.49. The summed E-state index contributed by atoms with van der Waals surface area (Å²) in [5.74, 6) is 0.0970. The highest BCUT2D eigenvalue weighted by Crippen LogP contribution is 2.30. The smallest absolute Gasteiger partial charge is 0.351 e. The maximum Gasteiger partial charge on any atom is 0.351 e. The van der Waals surface area contributed by atoms with E-state index in [1.165, 1.54) is 12.3 Å². The van der Waals surface area contributed by atoms with Gasteiger partial charge in [-0.25, -0.2) is 4.79 Å². The summed E-state index contributed by atoms with van der Waals surface area (Å²) >= 11 is 0. The van der Waals surface area contributed by atoms with Crippen molar-refractivity contribution in [3.63, 3.8) is 0 Å². The molecule has 8 nitrogen and oxygen atoms in total. The van der Waals surface area contributed by atoms with Crippen molar-refractivity contribution in [1.82, 2.24) is 9.55 Å². The van der Waals surface area contributed by atoms with Crippen molar-refractivity contribution in [2.75, 3.05) is 18.9 Å². The molecule has 1 fully saturated rings. The van der Waals surface area contributed by atoms with Crippen molar-refractivity contribution in [2.24, 2.45) is 0 Å². The summed E-state index contributed by atoms with van der Waals surface area (Å²) < 4.78 is 12.3. The van der Waals surface area contributed by atoms with Crippen molar-refractivity contribution in [3.05, 3.63) is 22.7 Å². The molecule has 4 atom stereocenters. The van der Waals surface area contributed by atoms with Gasteiger partial charge in [-0.15, -0.1) is 0 Å². The van der Waals surface area contributed by atoms with E-state index in [1.807, 2.05) is 0 Å². The molecule has 1 aromatic rings. The molecule has 1 saturated heterocycles. The summed E-state index contributed by atoms with van der Waals surface area (Å²) in [6.07, 6.45) is 0.973. The molecule has 2 unspecified atom stereocenters. The standard InChI is InChI=1S/C14H23N3O5/c1-2-3-4-7-21-12-9(8-18)22-13(11(12)19)17-6-5-10(15)16-14(17)20/h5-6,9,11-13,18-19H,2-4,7-8H2,1H3,(H2,15,16,20)/t9-,11?,12?,13-/m1/s1. The number of aliphatic hydroxyl groups is 2. The summed E-state index contributed by atoms with van der Waals surface area (Å²) in [6, 6.07) is 1.45. The van der Waals surface area contributed by atoms with Crippen LogP contribution in [-0.4, -0.2) is 51.3 Å². The van der Waals surface area contributed by atoms with E-state index in [0.717, 1.165) is 23.8 Å². The molecule has 2 rings (SSSR count). The minimum Gasteiger partial charge on any atom is -0.394 e. The number of hydrogen-bond acceptors (Lipinski definition) is 7. The number of anilines is 1. The van der Waals surface area contributed by atoms with Crippen LogP contribution in [0.1, 0.15) is 32.4 Å². The van der Waals surface area contributed by atoms with Crippen LogP contribution in [0.2, 0.25) is 0 Å². The average Bonchev–Trinajstić information content (AvgIpc) is 2.80. The van der Waals surface area contributed by atoms with Crippen LogP contribution in [-0.2, 0) is 9.47 Å². The Morgan fingerprint density at radius 3 is 2.91 bits per heavy atom. The van der Waals surface area contributed by atoms with E-state index >= 15 is 0 Å². The monoisotopic (exact) mass is 313 g/mol. The van der Waals surface area contributed by atoms with E-state index in [0.29, 0.717) is 6.61 Å². The molecule has 4 N–H and O–H groups in total. The highest BCUT2D eigenvalue weighted by molar-refractivity contribution is 5.23. The third kappa shape index (κ3) is 3.64. The molecule has 1 aliphatic rings. The second-order valence-corrected chi connectivity index (χ2v) is 5.32. The van der Waals surface area contributed by atoms with Gasteiger partial charge < -0.3 is 25.4 Å². The van der Waals surface area contributed by atoms with Crippen molar-refractivity contribution < 1.29 is 19.7 Å². The summed E-state index contributed by atoms with van der Waals surface area (Å²) in [4.78, 5) is 15.5. The van der Waals surface area contributed by atoms with E-state index in [1.54, 1.807) is 0 Å². The van der Waals surface area contributed by atoms with E-state index in [2.05, 4.69) is 11.9 Å². The number of ether oxygens (including phenoxy) is 2. The van der Waals surface area contributed by atoms with Gasteiger partial charge in [0, 0.05) is 12.8 Å². The maximum atomic E-state index is 11.9. The molecule has 0 radical (unpaired) electrons. The van der Waals surface area contributed by atoms with E-state index in [-0.39, 0.29) is 12.4 Å². The van der Waals surface area contributed by atoms with Crippen LogP contribution in [0.4, 0.5) is 5.82 Å². The summed E-state index contributed by atoms with van der Waals surface area (Å²) in [7, 11) is 0. The number of nitrogens with two attached hydrogens (primary N) is 1. The summed E-state index contributed by atoms with van der Waals surface area (Å²) in [6.45, 7) is 2.25. The molecule has 0 aliphatic carbocycles. The quantitative estimate of drug-likeness (QED) is 0.589. The number of nitrogen functional groups attached to an aromatic ring is 1. The van der Waals surface area contributed by atoms with Gasteiger partial charge in [-0.3, -0.25) is 4.57 Å². The molecule has 0 amide bonds. The van der Waals surface area contributed by atoms with E-state index in [4.69, 9.17) is 15.2 Å². The van der Waals surface area contributed by atoms with Crippen LogP contribution in [0.25, 0.3) is 0 Å². The molecule has 0 spiro atoms. The molecular weight excluding hydrogens is 290 g/mol. The number of rotatable bonds is 7. The predicted molar refractivity (Wildman–Crippen MR) is 79.2 cm³/mol. The fourth-order valence-corrected chi connectivity index (χ4v) is 2.49. The maximum absolute atomic E-state index is 11.9. The minimum atomic E-state index is -1.07. The lowest BCUT2D eigenvalue weighted by molar-refractivity contribution is -0.0625. The number of aliphatic hydroxyl groups excluding tert-OH is 2. The van der Waals surface area contributed by atoms with Crippen molar-refractivity contribution in [3.8, 4) is 0 Å². The van der Waals surface area contributed by atoms with E-state index < -0.39 is 30.2 Å². The van der Waals surface area contributed by atoms with Crippen LogP contribution in [0, 0.1) is 0 Å². The first-order chi connectivity index (χ1) is 10.6. The van der Waals surface area contributed by atoms with Gasteiger partial charge >= 0.3 is 5.69 Å².